The van der Waals surface area contributed by atoms with Gasteiger partial charge in [-0.05, 0) is 38.5 Å². The number of carbonyl (C=O) groups is 2. The topological polar surface area (TPSA) is 92.3 Å². The van der Waals surface area contributed by atoms with Crippen LogP contribution >= 0.6 is 0 Å². The van der Waals surface area contributed by atoms with Crippen LogP contribution in [0, 0.1) is 0 Å². The van der Waals surface area contributed by atoms with E-state index in [4.69, 9.17) is 23.7 Å². The zero-order chi connectivity index (χ0) is 22.9. The number of amides is 1. The second kappa shape index (κ2) is 11.1. The maximum absolute atomic E-state index is 12.4. The van der Waals surface area contributed by atoms with Gasteiger partial charge >= 0.3 is 12.1 Å². The first kappa shape index (κ1) is 23.9. The van der Waals surface area contributed by atoms with Crippen LogP contribution in [0.3, 0.4) is 0 Å². The highest BCUT2D eigenvalue weighted by Gasteiger charge is 2.19. The molecular formula is C23H29NO7. The predicted molar refractivity (Wildman–Crippen MR) is 115 cm³/mol. The molecule has 0 aliphatic rings. The Morgan fingerprint density at radius 3 is 2.13 bits per heavy atom. The molecule has 0 atom stereocenters. The maximum Gasteiger partial charge on any atom is 0.407 e. The molecule has 0 aliphatic carbocycles. The molecule has 0 spiro atoms. The Morgan fingerprint density at radius 1 is 0.968 bits per heavy atom. The summed E-state index contributed by atoms with van der Waals surface area (Å²) < 4.78 is 27.0. The Morgan fingerprint density at radius 2 is 1.58 bits per heavy atom. The second-order valence-electron chi connectivity index (χ2n) is 7.55. The first-order chi connectivity index (χ1) is 14.7. The third-order valence-corrected chi connectivity index (χ3v) is 3.93. The minimum absolute atomic E-state index is 0.0189. The van der Waals surface area contributed by atoms with Crippen molar-refractivity contribution in [1.82, 2.24) is 5.32 Å². The number of alkyl carbamates (subject to hydrolysis) is 1. The molecule has 2 rings (SSSR count). The normalized spacial score (nSPS) is 10.7. The molecule has 8 heteroatoms. The van der Waals surface area contributed by atoms with E-state index in [1.54, 1.807) is 20.8 Å². The summed E-state index contributed by atoms with van der Waals surface area (Å²) in [6.45, 7) is 5.71. The first-order valence-electron chi connectivity index (χ1n) is 9.80. The largest absolute Gasteiger partial charge is 0.493 e. The van der Waals surface area contributed by atoms with Crippen LogP contribution in [0.4, 0.5) is 4.79 Å². The lowest BCUT2D eigenvalue weighted by atomic mass is 10.1. The van der Waals surface area contributed by atoms with E-state index in [-0.39, 0.29) is 18.7 Å². The lowest BCUT2D eigenvalue weighted by Gasteiger charge is -2.19. The number of benzene rings is 2. The molecule has 0 heterocycles. The molecule has 0 fully saturated rings. The van der Waals surface area contributed by atoms with Crippen LogP contribution in [0.2, 0.25) is 0 Å². The van der Waals surface area contributed by atoms with Gasteiger partial charge in [-0.3, -0.25) is 0 Å². The lowest BCUT2D eigenvalue weighted by molar-refractivity contribution is 0.0433. The highest BCUT2D eigenvalue weighted by molar-refractivity contribution is 5.91. The summed E-state index contributed by atoms with van der Waals surface area (Å²) in [4.78, 5) is 24.0. The number of methoxy groups -OCH3 is 2. The van der Waals surface area contributed by atoms with Gasteiger partial charge in [0.2, 0.25) is 5.75 Å². The van der Waals surface area contributed by atoms with Crippen LogP contribution in [0.15, 0.2) is 42.5 Å². The second-order valence-corrected chi connectivity index (χ2v) is 7.55. The molecule has 0 aliphatic heterocycles. The number of ether oxygens (including phenoxy) is 5. The van der Waals surface area contributed by atoms with Gasteiger partial charge < -0.3 is 29.0 Å². The van der Waals surface area contributed by atoms with Crippen molar-refractivity contribution in [2.75, 3.05) is 27.4 Å². The first-order valence-corrected chi connectivity index (χ1v) is 9.80. The van der Waals surface area contributed by atoms with Gasteiger partial charge in [-0.2, -0.15) is 0 Å². The SMILES string of the molecule is COc1cc(C(=O)OCCNC(=O)OC(C)(C)C)cc(OC)c1OCc1ccccc1. The zero-order valence-electron chi connectivity index (χ0n) is 18.5. The Hall–Kier alpha value is -3.42. The molecule has 1 N–H and O–H groups in total. The molecule has 31 heavy (non-hydrogen) atoms. The van der Waals surface area contributed by atoms with Crippen molar-refractivity contribution in [1.29, 1.82) is 0 Å². The number of carbonyl (C=O) groups excluding carboxylic acids is 2. The molecule has 0 aromatic heterocycles. The number of nitrogens with one attached hydrogen (secondary N) is 1. The summed E-state index contributed by atoms with van der Waals surface area (Å²) in [6.07, 6.45) is -0.577. The van der Waals surface area contributed by atoms with Crippen LogP contribution in [0.5, 0.6) is 17.2 Å². The maximum atomic E-state index is 12.4. The van der Waals surface area contributed by atoms with Crippen LogP contribution in [0.25, 0.3) is 0 Å². The van der Waals surface area contributed by atoms with Gasteiger partial charge in [-0.15, -0.1) is 0 Å². The molecule has 8 nitrogen and oxygen atoms in total. The van der Waals surface area contributed by atoms with Crippen LogP contribution in [0.1, 0.15) is 36.7 Å². The van der Waals surface area contributed by atoms with Gasteiger partial charge in [0.15, 0.2) is 11.5 Å². The van der Waals surface area contributed by atoms with E-state index in [0.717, 1.165) is 5.56 Å². The highest BCUT2D eigenvalue weighted by Crippen LogP contribution is 2.39. The Balaban J connectivity index is 1.99. The van der Waals surface area contributed by atoms with Gasteiger partial charge in [0, 0.05) is 0 Å². The van der Waals surface area contributed by atoms with Crippen molar-refractivity contribution in [2.24, 2.45) is 0 Å². The summed E-state index contributed by atoms with van der Waals surface area (Å²) in [5.74, 6) is 0.484. The number of esters is 1. The average Bonchev–Trinajstić information content (AvgIpc) is 2.74. The van der Waals surface area contributed by atoms with E-state index in [1.807, 2.05) is 30.3 Å². The lowest BCUT2D eigenvalue weighted by Crippen LogP contribution is -2.34. The fourth-order valence-corrected chi connectivity index (χ4v) is 2.56. The predicted octanol–water partition coefficient (Wildman–Crippen LogP) is 3.96. The highest BCUT2D eigenvalue weighted by atomic mass is 16.6. The number of rotatable bonds is 9. The van der Waals surface area contributed by atoms with Crippen molar-refractivity contribution in [3.63, 3.8) is 0 Å². The molecular weight excluding hydrogens is 402 g/mol. The standard InChI is InChI=1S/C23H29NO7/c1-23(2,3)31-22(26)24-11-12-29-21(25)17-13-18(27-4)20(19(14-17)28-5)30-15-16-9-7-6-8-10-16/h6-10,13-14H,11-12,15H2,1-5H3,(H,24,26). The molecule has 2 aromatic carbocycles. The van der Waals surface area contributed by atoms with Crippen LogP contribution in [-0.4, -0.2) is 45.0 Å². The molecule has 0 saturated carbocycles. The van der Waals surface area contributed by atoms with Crippen LogP contribution in [-0.2, 0) is 16.1 Å². The van der Waals surface area contributed by atoms with E-state index in [9.17, 15) is 9.59 Å². The molecule has 0 bridgehead atoms. The van der Waals surface area contributed by atoms with Gasteiger partial charge in [-0.1, -0.05) is 30.3 Å². The summed E-state index contributed by atoms with van der Waals surface area (Å²) in [6, 6.07) is 12.7. The monoisotopic (exact) mass is 431 g/mol. The van der Waals surface area contributed by atoms with Crippen molar-refractivity contribution in [3.8, 4) is 17.2 Å². The third kappa shape index (κ3) is 7.73. The third-order valence-electron chi connectivity index (χ3n) is 3.93. The summed E-state index contributed by atoms with van der Waals surface area (Å²) >= 11 is 0. The van der Waals surface area contributed by atoms with E-state index in [0.29, 0.717) is 23.9 Å². The van der Waals surface area contributed by atoms with Crippen LogP contribution < -0.4 is 19.5 Å². The van der Waals surface area contributed by atoms with Gasteiger partial charge in [0.05, 0.1) is 26.3 Å². The van der Waals surface area contributed by atoms with E-state index in [2.05, 4.69) is 5.32 Å². The summed E-state index contributed by atoms with van der Waals surface area (Å²) in [5, 5.41) is 2.52. The number of hydrogen-bond donors (Lipinski definition) is 1. The van der Waals surface area contributed by atoms with Gasteiger partial charge in [0.1, 0.15) is 18.8 Å². The van der Waals surface area contributed by atoms with E-state index in [1.165, 1.54) is 26.4 Å². The minimum Gasteiger partial charge on any atom is -0.493 e. The smallest absolute Gasteiger partial charge is 0.407 e. The quantitative estimate of drug-likeness (QED) is 0.474. The Labute approximate surface area is 182 Å². The van der Waals surface area contributed by atoms with E-state index < -0.39 is 17.7 Å². The van der Waals surface area contributed by atoms with Crippen molar-refractivity contribution >= 4 is 12.1 Å². The fraction of sp³-hybridized carbons (Fsp3) is 0.391. The van der Waals surface area contributed by atoms with Gasteiger partial charge in [0.25, 0.3) is 0 Å². The average molecular weight is 431 g/mol. The number of hydrogen-bond acceptors (Lipinski definition) is 7. The molecule has 0 radical (unpaired) electrons. The summed E-state index contributed by atoms with van der Waals surface area (Å²) in [5.41, 5.74) is 0.615. The Bertz CT molecular complexity index is 850. The Kier molecular flexibility index (Phi) is 8.54. The minimum atomic E-state index is -0.599. The molecule has 0 unspecified atom stereocenters. The zero-order valence-corrected chi connectivity index (χ0v) is 18.5. The molecule has 168 valence electrons. The fourth-order valence-electron chi connectivity index (χ4n) is 2.56. The summed E-state index contributed by atoms with van der Waals surface area (Å²) in [7, 11) is 2.95. The van der Waals surface area contributed by atoms with Crippen molar-refractivity contribution < 1.29 is 33.3 Å². The van der Waals surface area contributed by atoms with Gasteiger partial charge in [-0.25, -0.2) is 9.59 Å². The van der Waals surface area contributed by atoms with E-state index >= 15 is 0 Å². The van der Waals surface area contributed by atoms with Crippen molar-refractivity contribution in [2.45, 2.75) is 33.0 Å². The molecule has 1 amide bonds. The van der Waals surface area contributed by atoms with Crippen molar-refractivity contribution in [3.05, 3.63) is 53.6 Å². The molecule has 2 aromatic rings. The molecule has 0 saturated heterocycles.